The van der Waals surface area contributed by atoms with E-state index in [2.05, 4.69) is 5.32 Å². The van der Waals surface area contributed by atoms with Gasteiger partial charge in [0.05, 0.1) is 17.7 Å². The van der Waals surface area contributed by atoms with Crippen molar-refractivity contribution in [1.82, 2.24) is 10.2 Å². The Kier molecular flexibility index (Phi) is 8.65. The Morgan fingerprint density at radius 2 is 1.58 bits per heavy atom. The summed E-state index contributed by atoms with van der Waals surface area (Å²) in [5, 5.41) is 2.51. The summed E-state index contributed by atoms with van der Waals surface area (Å²) < 4.78 is 46.8. The summed E-state index contributed by atoms with van der Waals surface area (Å²) in [5.41, 5.74) is 0.876. The van der Waals surface area contributed by atoms with Crippen LogP contribution in [0.3, 0.4) is 0 Å². The van der Waals surface area contributed by atoms with Crippen LogP contribution < -0.4 is 14.4 Å². The molecule has 3 rings (SSSR count). The molecule has 1 N–H and O–H groups in total. The summed E-state index contributed by atoms with van der Waals surface area (Å²) in [6.07, 6.45) is 0. The lowest BCUT2D eigenvalue weighted by Gasteiger charge is -2.31. The Morgan fingerprint density at radius 1 is 0.972 bits per heavy atom. The summed E-state index contributed by atoms with van der Waals surface area (Å²) in [7, 11) is -1.24. The number of nitrogens with one attached hydrogen (secondary N) is 1. The number of methoxy groups -OCH3 is 1. The van der Waals surface area contributed by atoms with Gasteiger partial charge in [0.15, 0.2) is 0 Å². The highest BCUT2D eigenvalue weighted by molar-refractivity contribution is 7.92. The number of sulfonamides is 1. The van der Waals surface area contributed by atoms with Crippen LogP contribution in [-0.2, 0) is 26.2 Å². The van der Waals surface area contributed by atoms with E-state index < -0.39 is 40.2 Å². The van der Waals surface area contributed by atoms with Crippen LogP contribution in [0.25, 0.3) is 0 Å². The number of hydrogen-bond acceptors (Lipinski definition) is 5. The molecule has 0 spiro atoms. The van der Waals surface area contributed by atoms with Gasteiger partial charge in [-0.25, -0.2) is 12.8 Å². The summed E-state index contributed by atoms with van der Waals surface area (Å²) in [4.78, 5) is 27.3. The summed E-state index contributed by atoms with van der Waals surface area (Å²) in [6.45, 7) is 0.977. The van der Waals surface area contributed by atoms with Gasteiger partial charge in [-0.05, 0) is 61.0 Å². The van der Waals surface area contributed by atoms with E-state index in [0.717, 1.165) is 4.31 Å². The summed E-state index contributed by atoms with van der Waals surface area (Å²) in [5.74, 6) is -0.968. The maximum atomic E-state index is 13.6. The van der Waals surface area contributed by atoms with Crippen LogP contribution in [0.5, 0.6) is 5.75 Å². The maximum absolute atomic E-state index is 13.6. The zero-order valence-corrected chi connectivity index (χ0v) is 21.0. The lowest BCUT2D eigenvalue weighted by Crippen LogP contribution is -2.50. The first-order valence-corrected chi connectivity index (χ1v) is 12.6. The van der Waals surface area contributed by atoms with E-state index in [9.17, 15) is 22.4 Å². The Morgan fingerprint density at radius 3 is 2.14 bits per heavy atom. The molecule has 10 heteroatoms. The van der Waals surface area contributed by atoms with E-state index in [0.29, 0.717) is 11.3 Å². The molecule has 0 saturated heterocycles. The Labute approximate surface area is 210 Å². The fourth-order valence-corrected chi connectivity index (χ4v) is 4.99. The van der Waals surface area contributed by atoms with Gasteiger partial charge >= 0.3 is 0 Å². The van der Waals surface area contributed by atoms with Gasteiger partial charge in [0, 0.05) is 13.6 Å². The van der Waals surface area contributed by atoms with E-state index in [1.165, 1.54) is 67.6 Å². The molecule has 0 fully saturated rings. The van der Waals surface area contributed by atoms with Crippen LogP contribution in [-0.4, -0.2) is 51.9 Å². The number of benzene rings is 3. The van der Waals surface area contributed by atoms with Crippen molar-refractivity contribution >= 4 is 27.5 Å². The minimum atomic E-state index is -4.16. The number of anilines is 1. The van der Waals surface area contributed by atoms with Gasteiger partial charge in [-0.3, -0.25) is 13.9 Å². The summed E-state index contributed by atoms with van der Waals surface area (Å²) >= 11 is 0. The molecule has 0 aliphatic rings. The van der Waals surface area contributed by atoms with Crippen LogP contribution in [0.4, 0.5) is 10.1 Å². The molecule has 0 aliphatic heterocycles. The number of ether oxygens (including phenoxy) is 1. The zero-order valence-electron chi connectivity index (χ0n) is 20.2. The highest BCUT2D eigenvalue weighted by Gasteiger charge is 2.32. The Bertz CT molecular complexity index is 1280. The molecule has 190 valence electrons. The highest BCUT2D eigenvalue weighted by atomic mass is 32.2. The monoisotopic (exact) mass is 513 g/mol. The quantitative estimate of drug-likeness (QED) is 0.449. The molecule has 36 heavy (non-hydrogen) atoms. The molecular weight excluding hydrogens is 485 g/mol. The molecule has 3 aromatic carbocycles. The van der Waals surface area contributed by atoms with Crippen LogP contribution >= 0.6 is 0 Å². The molecule has 0 aromatic heterocycles. The van der Waals surface area contributed by atoms with Crippen molar-refractivity contribution in [1.29, 1.82) is 0 Å². The smallest absolute Gasteiger partial charge is 0.264 e. The predicted octanol–water partition coefficient (Wildman–Crippen LogP) is 3.19. The molecule has 0 aliphatic carbocycles. The van der Waals surface area contributed by atoms with Gasteiger partial charge < -0.3 is 15.0 Å². The molecule has 0 radical (unpaired) electrons. The van der Waals surface area contributed by atoms with Crippen molar-refractivity contribution in [3.63, 3.8) is 0 Å². The number of halogens is 1. The average Bonchev–Trinajstić information content (AvgIpc) is 2.90. The third-order valence-electron chi connectivity index (χ3n) is 5.65. The Hall–Kier alpha value is -3.92. The van der Waals surface area contributed by atoms with Gasteiger partial charge in [0.25, 0.3) is 10.0 Å². The van der Waals surface area contributed by atoms with Gasteiger partial charge in [-0.2, -0.15) is 0 Å². The SMILES string of the molecule is CNC(=O)C(C)N(Cc1ccc(F)cc1)C(=O)CN(c1ccccc1)S(=O)(=O)c1ccc(OC)cc1. The molecular formula is C26H28FN3O5S. The van der Waals surface area contributed by atoms with Gasteiger partial charge in [0.1, 0.15) is 24.2 Å². The normalized spacial score (nSPS) is 11.9. The lowest BCUT2D eigenvalue weighted by atomic mass is 10.1. The second-order valence-corrected chi connectivity index (χ2v) is 9.82. The second-order valence-electron chi connectivity index (χ2n) is 7.96. The fourth-order valence-electron chi connectivity index (χ4n) is 3.58. The number of para-hydroxylation sites is 1. The van der Waals surface area contributed by atoms with Crippen molar-refractivity contribution in [2.75, 3.05) is 25.0 Å². The third kappa shape index (κ3) is 6.19. The van der Waals surface area contributed by atoms with E-state index in [1.54, 1.807) is 37.3 Å². The molecule has 0 heterocycles. The van der Waals surface area contributed by atoms with Crippen molar-refractivity contribution in [3.8, 4) is 5.75 Å². The highest BCUT2D eigenvalue weighted by Crippen LogP contribution is 2.25. The Balaban J connectivity index is 1.99. The topological polar surface area (TPSA) is 96.0 Å². The van der Waals surface area contributed by atoms with Crippen LogP contribution in [0.1, 0.15) is 12.5 Å². The van der Waals surface area contributed by atoms with Crippen molar-refractivity contribution in [3.05, 3.63) is 90.2 Å². The van der Waals surface area contributed by atoms with Crippen LogP contribution in [0.2, 0.25) is 0 Å². The fraction of sp³-hybridized carbons (Fsp3) is 0.231. The molecule has 2 amide bonds. The van der Waals surface area contributed by atoms with Crippen LogP contribution in [0, 0.1) is 5.82 Å². The number of carbonyl (C=O) groups excluding carboxylic acids is 2. The first-order chi connectivity index (χ1) is 17.2. The largest absolute Gasteiger partial charge is 0.497 e. The van der Waals surface area contributed by atoms with Gasteiger partial charge in [0.2, 0.25) is 11.8 Å². The van der Waals surface area contributed by atoms with E-state index in [4.69, 9.17) is 4.74 Å². The van der Waals surface area contributed by atoms with Crippen molar-refractivity contribution in [2.45, 2.75) is 24.4 Å². The van der Waals surface area contributed by atoms with Gasteiger partial charge in [-0.15, -0.1) is 0 Å². The second kappa shape index (κ2) is 11.7. The van der Waals surface area contributed by atoms with E-state index >= 15 is 0 Å². The molecule has 1 unspecified atom stereocenters. The molecule has 1 atom stereocenters. The number of rotatable bonds is 10. The minimum absolute atomic E-state index is 0.0150. The van der Waals surface area contributed by atoms with Crippen molar-refractivity contribution in [2.24, 2.45) is 0 Å². The van der Waals surface area contributed by atoms with Crippen molar-refractivity contribution < 1.29 is 27.1 Å². The average molecular weight is 514 g/mol. The molecule has 0 saturated carbocycles. The van der Waals surface area contributed by atoms with E-state index in [-0.39, 0.29) is 17.1 Å². The number of hydrogen-bond donors (Lipinski definition) is 1. The predicted molar refractivity (Wildman–Crippen MR) is 134 cm³/mol. The summed E-state index contributed by atoms with van der Waals surface area (Å²) in [6, 6.07) is 18.7. The third-order valence-corrected chi connectivity index (χ3v) is 7.44. The number of carbonyl (C=O) groups is 2. The molecule has 3 aromatic rings. The molecule has 8 nitrogen and oxygen atoms in total. The number of nitrogens with zero attached hydrogens (tertiary/aromatic N) is 2. The standard InChI is InChI=1S/C26H28FN3O5S/c1-19(26(32)28-2)29(17-20-9-11-21(27)12-10-20)25(31)18-30(22-7-5-4-6-8-22)36(33,34)24-15-13-23(35-3)14-16-24/h4-16,19H,17-18H2,1-3H3,(H,28,32). The minimum Gasteiger partial charge on any atom is -0.497 e. The van der Waals surface area contributed by atoms with Gasteiger partial charge in [-0.1, -0.05) is 30.3 Å². The lowest BCUT2D eigenvalue weighted by molar-refractivity contribution is -0.139. The first kappa shape index (κ1) is 26.7. The van der Waals surface area contributed by atoms with E-state index in [1.807, 2.05) is 0 Å². The number of likely N-dealkylation sites (N-methyl/N-ethyl adjacent to an activating group) is 1. The zero-order chi connectivity index (χ0) is 26.3. The molecule has 0 bridgehead atoms. The first-order valence-electron chi connectivity index (χ1n) is 11.1. The maximum Gasteiger partial charge on any atom is 0.264 e. The number of amides is 2. The van der Waals surface area contributed by atoms with Crippen LogP contribution in [0.15, 0.2) is 83.8 Å².